The highest BCUT2D eigenvalue weighted by Crippen LogP contribution is 2.32. The molecule has 0 aliphatic carbocycles. The Kier molecular flexibility index (Phi) is 6.61. The molecule has 0 amide bonds. The maximum Gasteiger partial charge on any atom is 0.163 e. The van der Waals surface area contributed by atoms with Gasteiger partial charge in [0.25, 0.3) is 0 Å². The van der Waals surface area contributed by atoms with Crippen molar-refractivity contribution in [3.63, 3.8) is 0 Å². The largest absolute Gasteiger partial charge is 0.367 e. The number of ether oxygens (including phenoxy) is 1. The lowest BCUT2D eigenvalue weighted by Gasteiger charge is -2.31. The number of carbonyl (C=O) groups is 1. The van der Waals surface area contributed by atoms with Crippen LogP contribution in [0.25, 0.3) is 0 Å². The van der Waals surface area contributed by atoms with Crippen molar-refractivity contribution in [2.45, 2.75) is 44.5 Å². The molecule has 1 aromatic carbocycles. The van der Waals surface area contributed by atoms with Crippen molar-refractivity contribution < 1.29 is 9.53 Å². The molecule has 1 fully saturated rings. The Hall–Kier alpha value is -0.800. The highest BCUT2D eigenvalue weighted by molar-refractivity contribution is 7.99. The zero-order chi connectivity index (χ0) is 14.2. The zero-order valence-electron chi connectivity index (χ0n) is 12.2. The van der Waals surface area contributed by atoms with Crippen LogP contribution in [0.1, 0.15) is 49.4 Å². The summed E-state index contributed by atoms with van der Waals surface area (Å²) in [7, 11) is 0. The maximum atomic E-state index is 12.3. The lowest BCUT2D eigenvalue weighted by atomic mass is 9.93. The Morgan fingerprint density at radius 1 is 1.35 bits per heavy atom. The molecule has 110 valence electrons. The third-order valence-corrected chi connectivity index (χ3v) is 5.08. The second kappa shape index (κ2) is 8.48. The fraction of sp³-hybridized carbons (Fsp3) is 0.588. The van der Waals surface area contributed by atoms with Crippen LogP contribution in [0, 0.1) is 5.92 Å². The lowest BCUT2D eigenvalue weighted by Crippen LogP contribution is -2.29. The van der Waals surface area contributed by atoms with Crippen LogP contribution in [-0.4, -0.2) is 23.6 Å². The number of ketones is 1. The van der Waals surface area contributed by atoms with E-state index in [1.54, 1.807) is 0 Å². The molecule has 0 radical (unpaired) electrons. The molecule has 0 bridgehead atoms. The van der Waals surface area contributed by atoms with Crippen LogP contribution in [0.2, 0.25) is 0 Å². The molecule has 0 N–H and O–H groups in total. The van der Waals surface area contributed by atoms with Gasteiger partial charge >= 0.3 is 0 Å². The number of benzene rings is 1. The van der Waals surface area contributed by atoms with Crippen LogP contribution in [0.3, 0.4) is 0 Å². The van der Waals surface area contributed by atoms with E-state index in [4.69, 9.17) is 4.74 Å². The molecule has 1 aromatic rings. The molecular formula is C17H24O2S. The summed E-state index contributed by atoms with van der Waals surface area (Å²) in [4.78, 5) is 12.3. The molecule has 2 atom stereocenters. The summed E-state index contributed by atoms with van der Waals surface area (Å²) in [6.07, 6.45) is 5.25. The standard InChI is InChI=1S/C17H24O2S/c1-2-3-12-20-17-15(10-7-11-19-17)13-16(18)14-8-5-4-6-9-14/h4-6,8-9,15,17H,2-3,7,10-13H2,1H3/t15-,17+/m1/s1. The molecule has 1 aliphatic rings. The minimum Gasteiger partial charge on any atom is -0.367 e. The predicted molar refractivity (Wildman–Crippen MR) is 85.2 cm³/mol. The molecule has 0 spiro atoms. The molecule has 1 aliphatic heterocycles. The van der Waals surface area contributed by atoms with Gasteiger partial charge in [0.15, 0.2) is 5.78 Å². The first-order valence-electron chi connectivity index (χ1n) is 7.62. The van der Waals surface area contributed by atoms with Crippen molar-refractivity contribution in [3.8, 4) is 0 Å². The van der Waals surface area contributed by atoms with Crippen LogP contribution in [0.4, 0.5) is 0 Å². The lowest BCUT2D eigenvalue weighted by molar-refractivity contribution is 0.0269. The summed E-state index contributed by atoms with van der Waals surface area (Å²) < 4.78 is 5.88. The van der Waals surface area contributed by atoms with E-state index in [0.717, 1.165) is 30.8 Å². The molecule has 0 unspecified atom stereocenters. The van der Waals surface area contributed by atoms with Crippen LogP contribution >= 0.6 is 11.8 Å². The van der Waals surface area contributed by atoms with Gasteiger partial charge in [-0.05, 0) is 25.0 Å². The molecule has 1 saturated heterocycles. The molecule has 0 aromatic heterocycles. The van der Waals surface area contributed by atoms with Crippen LogP contribution in [0.15, 0.2) is 30.3 Å². The van der Waals surface area contributed by atoms with E-state index in [9.17, 15) is 4.79 Å². The first-order valence-corrected chi connectivity index (χ1v) is 8.67. The molecule has 2 rings (SSSR count). The van der Waals surface area contributed by atoms with E-state index in [1.807, 2.05) is 42.1 Å². The van der Waals surface area contributed by atoms with Gasteiger partial charge in [0.2, 0.25) is 0 Å². The first-order chi connectivity index (χ1) is 9.81. The van der Waals surface area contributed by atoms with Gasteiger partial charge in [-0.2, -0.15) is 0 Å². The summed E-state index contributed by atoms with van der Waals surface area (Å²) in [5.41, 5.74) is 1.04. The Balaban J connectivity index is 1.89. The van der Waals surface area contributed by atoms with Crippen molar-refractivity contribution in [1.82, 2.24) is 0 Å². The Labute approximate surface area is 126 Å². The predicted octanol–water partition coefficient (Wildman–Crippen LogP) is 4.55. The third kappa shape index (κ3) is 4.64. The SMILES string of the molecule is CCCCS[C@@H]1OCCC[C@@H]1CC(=O)c1ccccc1. The smallest absolute Gasteiger partial charge is 0.163 e. The topological polar surface area (TPSA) is 26.3 Å². The molecule has 2 nitrogen and oxygen atoms in total. The number of hydrogen-bond acceptors (Lipinski definition) is 3. The summed E-state index contributed by atoms with van der Waals surface area (Å²) in [5, 5.41) is 0. The van der Waals surface area contributed by atoms with E-state index in [2.05, 4.69) is 6.92 Å². The normalized spacial score (nSPS) is 22.6. The number of hydrogen-bond donors (Lipinski definition) is 0. The van der Waals surface area contributed by atoms with Gasteiger partial charge < -0.3 is 4.74 Å². The van der Waals surface area contributed by atoms with Gasteiger partial charge in [-0.25, -0.2) is 0 Å². The van der Waals surface area contributed by atoms with Crippen molar-refractivity contribution in [2.24, 2.45) is 5.92 Å². The van der Waals surface area contributed by atoms with Gasteiger partial charge in [-0.3, -0.25) is 4.79 Å². The van der Waals surface area contributed by atoms with Gasteiger partial charge in [0, 0.05) is 24.5 Å². The molecule has 3 heteroatoms. The van der Waals surface area contributed by atoms with Crippen molar-refractivity contribution in [1.29, 1.82) is 0 Å². The van der Waals surface area contributed by atoms with E-state index >= 15 is 0 Å². The maximum absolute atomic E-state index is 12.3. The highest BCUT2D eigenvalue weighted by atomic mass is 32.2. The number of unbranched alkanes of at least 4 members (excludes halogenated alkanes) is 1. The van der Waals surface area contributed by atoms with Crippen LogP contribution in [0.5, 0.6) is 0 Å². The fourth-order valence-corrected chi connectivity index (χ4v) is 3.91. The van der Waals surface area contributed by atoms with Gasteiger partial charge in [-0.1, -0.05) is 43.7 Å². The van der Waals surface area contributed by atoms with Crippen LogP contribution in [-0.2, 0) is 4.74 Å². The van der Waals surface area contributed by atoms with Crippen molar-refractivity contribution in [3.05, 3.63) is 35.9 Å². The summed E-state index contributed by atoms with van der Waals surface area (Å²) in [5.74, 6) is 1.76. The fourth-order valence-electron chi connectivity index (χ4n) is 2.52. The van der Waals surface area contributed by atoms with Gasteiger partial charge in [0.05, 0.1) is 0 Å². The zero-order valence-corrected chi connectivity index (χ0v) is 13.0. The van der Waals surface area contributed by atoms with Gasteiger partial charge in [-0.15, -0.1) is 11.8 Å². The number of thioether (sulfide) groups is 1. The van der Waals surface area contributed by atoms with Crippen LogP contribution < -0.4 is 0 Å². The Morgan fingerprint density at radius 2 is 2.15 bits per heavy atom. The van der Waals surface area contributed by atoms with E-state index < -0.39 is 0 Å². The number of carbonyl (C=O) groups excluding carboxylic acids is 1. The molecule has 0 saturated carbocycles. The van der Waals surface area contributed by atoms with Gasteiger partial charge in [0.1, 0.15) is 5.44 Å². The monoisotopic (exact) mass is 292 g/mol. The van der Waals surface area contributed by atoms with Crippen molar-refractivity contribution in [2.75, 3.05) is 12.4 Å². The number of rotatable bonds is 7. The van der Waals surface area contributed by atoms with E-state index in [0.29, 0.717) is 12.3 Å². The summed E-state index contributed by atoms with van der Waals surface area (Å²) >= 11 is 1.89. The quantitative estimate of drug-likeness (QED) is 0.545. The minimum absolute atomic E-state index is 0.211. The number of Topliss-reactive ketones (excluding diaryl/α,β-unsaturated/α-hetero) is 1. The summed E-state index contributed by atoms with van der Waals surface area (Å²) in [6.45, 7) is 3.05. The first kappa shape index (κ1) is 15.6. The third-order valence-electron chi connectivity index (χ3n) is 3.71. The second-order valence-corrected chi connectivity index (χ2v) is 6.57. The summed E-state index contributed by atoms with van der Waals surface area (Å²) in [6, 6.07) is 9.62. The molecule has 1 heterocycles. The molecule has 20 heavy (non-hydrogen) atoms. The van der Waals surface area contributed by atoms with E-state index in [-0.39, 0.29) is 11.2 Å². The Bertz CT molecular complexity index is 405. The average Bonchev–Trinajstić information content (AvgIpc) is 2.50. The minimum atomic E-state index is 0.211. The molecular weight excluding hydrogens is 268 g/mol. The second-order valence-electron chi connectivity index (χ2n) is 5.36. The Morgan fingerprint density at radius 3 is 2.90 bits per heavy atom. The highest BCUT2D eigenvalue weighted by Gasteiger charge is 2.28. The average molecular weight is 292 g/mol. The van der Waals surface area contributed by atoms with E-state index in [1.165, 1.54) is 12.8 Å². The van der Waals surface area contributed by atoms with Crippen molar-refractivity contribution >= 4 is 17.5 Å².